The van der Waals surface area contributed by atoms with Gasteiger partial charge in [0.1, 0.15) is 0 Å². The van der Waals surface area contributed by atoms with Crippen LogP contribution in [0.25, 0.3) is 0 Å². The molecule has 0 aliphatic heterocycles. The molecule has 0 heterocycles. The SMILES string of the molecule is COCCCCCC1CC2C[C@@H](O)[C@H](/C=C/C(C)=C/CC=C(C)C)C2C1. The summed E-state index contributed by atoms with van der Waals surface area (Å²) in [5, 5.41) is 10.5. The van der Waals surface area contributed by atoms with Gasteiger partial charge in [-0.15, -0.1) is 0 Å². The molecule has 2 fully saturated rings. The molecule has 0 bridgehead atoms. The molecule has 26 heavy (non-hydrogen) atoms. The average molecular weight is 361 g/mol. The molecule has 2 aliphatic rings. The van der Waals surface area contributed by atoms with Gasteiger partial charge in [-0.1, -0.05) is 54.7 Å². The van der Waals surface area contributed by atoms with E-state index in [0.717, 1.165) is 31.3 Å². The Hall–Kier alpha value is -0.860. The van der Waals surface area contributed by atoms with Crippen molar-refractivity contribution in [2.45, 2.75) is 78.2 Å². The van der Waals surface area contributed by atoms with Crippen LogP contribution >= 0.6 is 0 Å². The van der Waals surface area contributed by atoms with Crippen molar-refractivity contribution in [2.24, 2.45) is 23.7 Å². The van der Waals surface area contributed by atoms with E-state index in [0.29, 0.717) is 11.8 Å². The van der Waals surface area contributed by atoms with E-state index in [4.69, 9.17) is 4.74 Å². The number of hydrogen-bond acceptors (Lipinski definition) is 2. The summed E-state index contributed by atoms with van der Waals surface area (Å²) in [7, 11) is 1.79. The number of aliphatic hydroxyl groups is 1. The fourth-order valence-electron chi connectivity index (χ4n) is 4.95. The first-order valence-corrected chi connectivity index (χ1v) is 10.7. The van der Waals surface area contributed by atoms with Crippen LogP contribution in [-0.2, 0) is 4.74 Å². The first-order valence-electron chi connectivity index (χ1n) is 10.7. The molecule has 0 aromatic heterocycles. The number of unbranched alkanes of at least 4 members (excludes halogenated alkanes) is 2. The molecule has 2 nitrogen and oxygen atoms in total. The highest BCUT2D eigenvalue weighted by Crippen LogP contribution is 2.51. The monoisotopic (exact) mass is 360 g/mol. The predicted molar refractivity (Wildman–Crippen MR) is 111 cm³/mol. The van der Waals surface area contributed by atoms with Crippen LogP contribution in [0, 0.1) is 23.7 Å². The number of aliphatic hydroxyl groups excluding tert-OH is 1. The molecule has 0 aromatic rings. The molecule has 148 valence electrons. The molecule has 2 heteroatoms. The van der Waals surface area contributed by atoms with Crippen LogP contribution in [-0.4, -0.2) is 24.9 Å². The molecule has 2 saturated carbocycles. The van der Waals surface area contributed by atoms with Crippen molar-refractivity contribution < 1.29 is 9.84 Å². The fraction of sp³-hybridized carbons (Fsp3) is 0.750. The summed E-state index contributed by atoms with van der Waals surface area (Å²) < 4.78 is 5.14. The molecule has 2 aliphatic carbocycles. The number of fused-ring (bicyclic) bond motifs is 1. The fourth-order valence-corrected chi connectivity index (χ4v) is 4.95. The zero-order valence-corrected chi connectivity index (χ0v) is 17.4. The Morgan fingerprint density at radius 1 is 1.04 bits per heavy atom. The van der Waals surface area contributed by atoms with Gasteiger partial charge in [0.15, 0.2) is 0 Å². The molecular formula is C24H40O2. The van der Waals surface area contributed by atoms with Crippen molar-refractivity contribution in [1.29, 1.82) is 0 Å². The lowest BCUT2D eigenvalue weighted by Gasteiger charge is -2.19. The van der Waals surface area contributed by atoms with E-state index < -0.39 is 0 Å². The lowest BCUT2D eigenvalue weighted by atomic mass is 9.89. The van der Waals surface area contributed by atoms with E-state index in [1.165, 1.54) is 49.7 Å². The highest BCUT2D eigenvalue weighted by Gasteiger charge is 2.46. The summed E-state index contributed by atoms with van der Waals surface area (Å²) in [6, 6.07) is 0. The second-order valence-corrected chi connectivity index (χ2v) is 8.81. The lowest BCUT2D eigenvalue weighted by molar-refractivity contribution is 0.134. The van der Waals surface area contributed by atoms with Gasteiger partial charge >= 0.3 is 0 Å². The second kappa shape index (κ2) is 11.1. The van der Waals surface area contributed by atoms with Crippen molar-refractivity contribution in [3.05, 3.63) is 35.5 Å². The summed E-state index contributed by atoms with van der Waals surface area (Å²) in [6.07, 6.45) is 18.8. The van der Waals surface area contributed by atoms with Crippen molar-refractivity contribution in [1.82, 2.24) is 0 Å². The maximum absolute atomic E-state index is 10.5. The molecule has 0 saturated heterocycles. The molecule has 0 radical (unpaired) electrons. The zero-order chi connectivity index (χ0) is 18.9. The summed E-state index contributed by atoms with van der Waals surface area (Å²) in [5.74, 6) is 2.70. The quantitative estimate of drug-likeness (QED) is 0.291. The number of methoxy groups -OCH3 is 1. The van der Waals surface area contributed by atoms with E-state index >= 15 is 0 Å². The smallest absolute Gasteiger partial charge is 0.0608 e. The first kappa shape index (κ1) is 21.4. The third kappa shape index (κ3) is 6.70. The summed E-state index contributed by atoms with van der Waals surface area (Å²) in [4.78, 5) is 0. The number of hydrogen-bond donors (Lipinski definition) is 1. The van der Waals surface area contributed by atoms with E-state index in [9.17, 15) is 5.11 Å². The average Bonchev–Trinajstić information content (AvgIpc) is 3.09. The highest BCUT2D eigenvalue weighted by molar-refractivity contribution is 5.20. The minimum absolute atomic E-state index is 0.130. The third-order valence-corrected chi connectivity index (χ3v) is 6.34. The Balaban J connectivity index is 1.81. The van der Waals surface area contributed by atoms with E-state index in [2.05, 4.69) is 45.1 Å². The Bertz CT molecular complexity index is 498. The minimum atomic E-state index is -0.130. The molecule has 2 rings (SSSR count). The van der Waals surface area contributed by atoms with Gasteiger partial charge in [-0.2, -0.15) is 0 Å². The largest absolute Gasteiger partial charge is 0.392 e. The summed E-state index contributed by atoms with van der Waals surface area (Å²) >= 11 is 0. The topological polar surface area (TPSA) is 29.5 Å². The van der Waals surface area contributed by atoms with Crippen molar-refractivity contribution in [2.75, 3.05) is 13.7 Å². The zero-order valence-electron chi connectivity index (χ0n) is 17.4. The van der Waals surface area contributed by atoms with Crippen molar-refractivity contribution in [3.8, 4) is 0 Å². The van der Waals surface area contributed by atoms with Gasteiger partial charge in [0, 0.05) is 19.6 Å². The standard InChI is InChI=1S/C24H40O2/c1-18(2)9-8-10-19(3)12-13-22-23-16-20(11-6-5-7-14-26-4)15-21(23)17-24(22)25/h9-10,12-13,20-25H,5-8,11,14-17H2,1-4H3/b13-12+,19-10+/t20?,21?,22-,23?,24-/m1/s1. The molecule has 5 atom stereocenters. The Morgan fingerprint density at radius 3 is 2.58 bits per heavy atom. The van der Waals surface area contributed by atoms with E-state index in [-0.39, 0.29) is 6.10 Å². The van der Waals surface area contributed by atoms with Crippen LogP contribution in [0.3, 0.4) is 0 Å². The maximum Gasteiger partial charge on any atom is 0.0608 e. The van der Waals surface area contributed by atoms with Gasteiger partial charge in [-0.05, 0) is 70.6 Å². The maximum atomic E-state index is 10.5. The molecule has 0 aromatic carbocycles. The summed E-state index contributed by atoms with van der Waals surface area (Å²) in [5.41, 5.74) is 2.68. The van der Waals surface area contributed by atoms with Crippen molar-refractivity contribution >= 4 is 0 Å². The van der Waals surface area contributed by atoms with Crippen LogP contribution in [0.4, 0.5) is 0 Å². The van der Waals surface area contributed by atoms with E-state index in [1.807, 2.05) is 0 Å². The number of allylic oxidation sites excluding steroid dienone is 5. The molecule has 0 spiro atoms. The van der Waals surface area contributed by atoms with Gasteiger partial charge in [0.2, 0.25) is 0 Å². The minimum Gasteiger partial charge on any atom is -0.392 e. The Kier molecular flexibility index (Phi) is 9.15. The van der Waals surface area contributed by atoms with Gasteiger partial charge in [0.25, 0.3) is 0 Å². The van der Waals surface area contributed by atoms with Crippen molar-refractivity contribution in [3.63, 3.8) is 0 Å². The normalized spacial score (nSPS) is 31.6. The third-order valence-electron chi connectivity index (χ3n) is 6.34. The number of ether oxygens (including phenoxy) is 1. The van der Waals surface area contributed by atoms with Gasteiger partial charge in [0.05, 0.1) is 6.10 Å². The number of rotatable bonds is 10. The van der Waals surface area contributed by atoms with E-state index in [1.54, 1.807) is 7.11 Å². The van der Waals surface area contributed by atoms with Crippen LogP contribution < -0.4 is 0 Å². The first-order chi connectivity index (χ1) is 12.5. The van der Waals surface area contributed by atoms with Gasteiger partial charge in [-0.25, -0.2) is 0 Å². The highest BCUT2D eigenvalue weighted by atomic mass is 16.5. The van der Waals surface area contributed by atoms with Crippen LogP contribution in [0.5, 0.6) is 0 Å². The van der Waals surface area contributed by atoms with Gasteiger partial charge < -0.3 is 9.84 Å². The molecular weight excluding hydrogens is 320 g/mol. The Labute approximate surface area is 161 Å². The van der Waals surface area contributed by atoms with Crippen LogP contribution in [0.2, 0.25) is 0 Å². The molecule has 3 unspecified atom stereocenters. The summed E-state index contributed by atoms with van der Waals surface area (Å²) in [6.45, 7) is 7.35. The molecule has 1 N–H and O–H groups in total. The van der Waals surface area contributed by atoms with Gasteiger partial charge in [-0.3, -0.25) is 0 Å². The second-order valence-electron chi connectivity index (χ2n) is 8.81. The van der Waals surface area contributed by atoms with Crippen LogP contribution in [0.1, 0.15) is 72.1 Å². The lowest BCUT2D eigenvalue weighted by Crippen LogP contribution is -2.17. The van der Waals surface area contributed by atoms with Crippen LogP contribution in [0.15, 0.2) is 35.5 Å². The predicted octanol–water partition coefficient (Wildman–Crippen LogP) is 6.08. The Morgan fingerprint density at radius 2 is 1.85 bits per heavy atom. The molecule has 0 amide bonds.